The zero-order chi connectivity index (χ0) is 18.2. The molecule has 6 nitrogen and oxygen atoms in total. The number of nitrogens with one attached hydrogen (secondary N) is 2. The SMILES string of the molecule is COCCCNC(=O)c1ccnc(C(=O)Nc2ccc(Cl)cc2C)c1. The van der Waals surface area contributed by atoms with Crippen molar-refractivity contribution in [2.45, 2.75) is 13.3 Å². The van der Waals surface area contributed by atoms with Gasteiger partial charge in [0.25, 0.3) is 11.8 Å². The van der Waals surface area contributed by atoms with E-state index in [4.69, 9.17) is 16.3 Å². The quantitative estimate of drug-likeness (QED) is 0.743. The molecule has 0 aliphatic heterocycles. The second-order valence-electron chi connectivity index (χ2n) is 5.45. The lowest BCUT2D eigenvalue weighted by Crippen LogP contribution is -2.26. The number of methoxy groups -OCH3 is 1. The molecule has 0 aliphatic rings. The maximum absolute atomic E-state index is 12.4. The normalized spacial score (nSPS) is 10.4. The molecule has 0 saturated carbocycles. The van der Waals surface area contributed by atoms with E-state index in [-0.39, 0.29) is 17.5 Å². The first kappa shape index (κ1) is 18.9. The number of hydrogen-bond donors (Lipinski definition) is 2. The van der Waals surface area contributed by atoms with E-state index in [9.17, 15) is 9.59 Å². The summed E-state index contributed by atoms with van der Waals surface area (Å²) in [7, 11) is 1.61. The molecule has 0 spiro atoms. The number of aromatic nitrogens is 1. The number of amides is 2. The molecule has 1 aromatic carbocycles. The highest BCUT2D eigenvalue weighted by molar-refractivity contribution is 6.30. The van der Waals surface area contributed by atoms with Crippen LogP contribution in [0.25, 0.3) is 0 Å². The third-order valence-corrected chi connectivity index (χ3v) is 3.74. The Hall–Kier alpha value is -2.44. The molecule has 0 aliphatic carbocycles. The van der Waals surface area contributed by atoms with Crippen molar-refractivity contribution >= 4 is 29.1 Å². The van der Waals surface area contributed by atoms with Gasteiger partial charge in [-0.2, -0.15) is 0 Å². The minimum absolute atomic E-state index is 0.166. The number of hydrogen-bond acceptors (Lipinski definition) is 4. The first-order valence-corrected chi connectivity index (χ1v) is 8.19. The van der Waals surface area contributed by atoms with Crippen LogP contribution in [0.5, 0.6) is 0 Å². The lowest BCUT2D eigenvalue weighted by molar-refractivity contribution is 0.0948. The standard InChI is InChI=1S/C18H20ClN3O3/c1-12-10-14(19)4-5-15(12)22-18(24)16-11-13(6-8-20-16)17(23)21-7-3-9-25-2/h4-6,8,10-11H,3,7,9H2,1-2H3,(H,21,23)(H,22,24). The maximum atomic E-state index is 12.4. The van der Waals surface area contributed by atoms with Gasteiger partial charge in [0.15, 0.2) is 0 Å². The molecule has 1 aromatic heterocycles. The number of ether oxygens (including phenoxy) is 1. The van der Waals surface area contributed by atoms with E-state index < -0.39 is 0 Å². The molecule has 0 bridgehead atoms. The van der Waals surface area contributed by atoms with Crippen LogP contribution in [0.4, 0.5) is 5.69 Å². The van der Waals surface area contributed by atoms with Crippen LogP contribution in [0.2, 0.25) is 5.02 Å². The fourth-order valence-electron chi connectivity index (χ4n) is 2.17. The van der Waals surface area contributed by atoms with Crippen LogP contribution < -0.4 is 10.6 Å². The molecule has 2 N–H and O–H groups in total. The molecule has 0 atom stereocenters. The van der Waals surface area contributed by atoms with Gasteiger partial charge >= 0.3 is 0 Å². The van der Waals surface area contributed by atoms with Gasteiger partial charge in [-0.1, -0.05) is 11.6 Å². The molecular formula is C18H20ClN3O3. The van der Waals surface area contributed by atoms with Crippen LogP contribution >= 0.6 is 11.6 Å². The van der Waals surface area contributed by atoms with Gasteiger partial charge < -0.3 is 15.4 Å². The topological polar surface area (TPSA) is 80.3 Å². The molecule has 0 fully saturated rings. The highest BCUT2D eigenvalue weighted by atomic mass is 35.5. The van der Waals surface area contributed by atoms with Crippen molar-refractivity contribution in [2.24, 2.45) is 0 Å². The lowest BCUT2D eigenvalue weighted by atomic mass is 10.1. The van der Waals surface area contributed by atoms with Crippen molar-refractivity contribution < 1.29 is 14.3 Å². The highest BCUT2D eigenvalue weighted by Gasteiger charge is 2.13. The molecule has 0 unspecified atom stereocenters. The fraction of sp³-hybridized carbons (Fsp3) is 0.278. The van der Waals surface area contributed by atoms with Gasteiger partial charge in [-0.05, 0) is 49.2 Å². The van der Waals surface area contributed by atoms with Gasteiger partial charge in [0.1, 0.15) is 5.69 Å². The Balaban J connectivity index is 2.04. The second-order valence-corrected chi connectivity index (χ2v) is 5.88. The highest BCUT2D eigenvalue weighted by Crippen LogP contribution is 2.20. The zero-order valence-electron chi connectivity index (χ0n) is 14.1. The van der Waals surface area contributed by atoms with Gasteiger partial charge in [0.05, 0.1) is 0 Å². The number of benzene rings is 1. The summed E-state index contributed by atoms with van der Waals surface area (Å²) >= 11 is 5.91. The summed E-state index contributed by atoms with van der Waals surface area (Å²) in [6, 6.07) is 8.21. The molecule has 132 valence electrons. The number of nitrogens with zero attached hydrogens (tertiary/aromatic N) is 1. The largest absolute Gasteiger partial charge is 0.385 e. The lowest BCUT2D eigenvalue weighted by Gasteiger charge is -2.09. The average Bonchev–Trinajstić information content (AvgIpc) is 2.61. The number of pyridine rings is 1. The van der Waals surface area contributed by atoms with E-state index in [0.29, 0.717) is 29.4 Å². The predicted molar refractivity (Wildman–Crippen MR) is 97.2 cm³/mol. The van der Waals surface area contributed by atoms with Crippen LogP contribution in [0.3, 0.4) is 0 Å². The minimum Gasteiger partial charge on any atom is -0.385 e. The minimum atomic E-state index is -0.389. The summed E-state index contributed by atoms with van der Waals surface area (Å²) in [5.41, 5.74) is 2.03. The number of rotatable bonds is 7. The molecule has 2 aromatic rings. The molecule has 1 heterocycles. The molecule has 0 saturated heterocycles. The molecule has 2 rings (SSSR count). The van der Waals surface area contributed by atoms with Crippen molar-refractivity contribution in [3.05, 3.63) is 58.4 Å². The Morgan fingerprint density at radius 2 is 2.00 bits per heavy atom. The Morgan fingerprint density at radius 1 is 1.20 bits per heavy atom. The van der Waals surface area contributed by atoms with Crippen LogP contribution in [0.15, 0.2) is 36.5 Å². The number of aryl methyl sites for hydroxylation is 1. The van der Waals surface area contributed by atoms with Gasteiger partial charge in [0, 0.05) is 42.7 Å². The third-order valence-electron chi connectivity index (χ3n) is 3.50. The van der Waals surface area contributed by atoms with Crippen LogP contribution in [0, 0.1) is 6.92 Å². The average molecular weight is 362 g/mol. The van der Waals surface area contributed by atoms with Crippen LogP contribution in [0.1, 0.15) is 32.8 Å². The molecular weight excluding hydrogens is 342 g/mol. The third kappa shape index (κ3) is 5.55. The summed E-state index contributed by atoms with van der Waals surface area (Å²) < 4.78 is 4.93. The summed E-state index contributed by atoms with van der Waals surface area (Å²) in [6.07, 6.45) is 2.16. The Bertz CT molecular complexity index is 765. The van der Waals surface area contributed by atoms with Crippen molar-refractivity contribution in [3.63, 3.8) is 0 Å². The first-order chi connectivity index (χ1) is 12.0. The van der Waals surface area contributed by atoms with Crippen LogP contribution in [-0.2, 0) is 4.74 Å². The van der Waals surface area contributed by atoms with E-state index in [1.165, 1.54) is 12.3 Å². The second kappa shape index (κ2) is 9.15. The van der Waals surface area contributed by atoms with Crippen molar-refractivity contribution in [3.8, 4) is 0 Å². The van der Waals surface area contributed by atoms with Crippen molar-refractivity contribution in [1.82, 2.24) is 10.3 Å². The van der Waals surface area contributed by atoms with Gasteiger partial charge in [-0.25, -0.2) is 0 Å². The molecule has 7 heteroatoms. The first-order valence-electron chi connectivity index (χ1n) is 7.82. The summed E-state index contributed by atoms with van der Waals surface area (Å²) in [5, 5.41) is 6.14. The Kier molecular flexibility index (Phi) is 6.91. The van der Waals surface area contributed by atoms with Crippen molar-refractivity contribution in [1.29, 1.82) is 0 Å². The smallest absolute Gasteiger partial charge is 0.274 e. The summed E-state index contributed by atoms with van der Waals surface area (Å²) in [5.74, 6) is -0.644. The molecule has 25 heavy (non-hydrogen) atoms. The van der Waals surface area contributed by atoms with Gasteiger partial charge in [-0.15, -0.1) is 0 Å². The number of carbonyl (C=O) groups excluding carboxylic acids is 2. The van der Waals surface area contributed by atoms with Gasteiger partial charge in [-0.3, -0.25) is 14.6 Å². The number of carbonyl (C=O) groups is 2. The number of anilines is 1. The maximum Gasteiger partial charge on any atom is 0.274 e. The Labute approximate surface area is 151 Å². The molecule has 2 amide bonds. The van der Waals surface area contributed by atoms with E-state index in [1.807, 2.05) is 6.92 Å². The summed E-state index contributed by atoms with van der Waals surface area (Å²) in [4.78, 5) is 28.5. The van der Waals surface area contributed by atoms with E-state index >= 15 is 0 Å². The number of halogens is 1. The van der Waals surface area contributed by atoms with E-state index in [0.717, 1.165) is 12.0 Å². The van der Waals surface area contributed by atoms with E-state index in [1.54, 1.807) is 31.4 Å². The summed E-state index contributed by atoms with van der Waals surface area (Å²) in [6.45, 7) is 2.92. The predicted octanol–water partition coefficient (Wildman–Crippen LogP) is 3.06. The molecule has 0 radical (unpaired) electrons. The monoisotopic (exact) mass is 361 g/mol. The Morgan fingerprint density at radius 3 is 2.72 bits per heavy atom. The van der Waals surface area contributed by atoms with Crippen LogP contribution in [-0.4, -0.2) is 37.1 Å². The van der Waals surface area contributed by atoms with Gasteiger partial charge in [0.2, 0.25) is 0 Å². The van der Waals surface area contributed by atoms with E-state index in [2.05, 4.69) is 15.6 Å². The zero-order valence-corrected chi connectivity index (χ0v) is 14.9. The van der Waals surface area contributed by atoms with Crippen molar-refractivity contribution in [2.75, 3.05) is 25.6 Å². The fourth-order valence-corrected chi connectivity index (χ4v) is 2.40.